The summed E-state index contributed by atoms with van der Waals surface area (Å²) in [5.41, 5.74) is 1.08. The van der Waals surface area contributed by atoms with Crippen molar-refractivity contribution in [1.82, 2.24) is 10.6 Å². The lowest BCUT2D eigenvalue weighted by molar-refractivity contribution is -0.274. The topological polar surface area (TPSA) is 79.8 Å². The number of dihydropyridines is 1. The van der Waals surface area contributed by atoms with Gasteiger partial charge in [0.05, 0.1) is 0 Å². The average Bonchev–Trinajstić information content (AvgIpc) is 2.59. The summed E-state index contributed by atoms with van der Waals surface area (Å²) in [6.45, 7) is 1.86. The Morgan fingerprint density at radius 2 is 1.96 bits per heavy atom. The molecule has 2 amide bonds. The van der Waals surface area contributed by atoms with Gasteiger partial charge in [-0.3, -0.25) is 14.6 Å². The van der Waals surface area contributed by atoms with Gasteiger partial charge in [-0.25, -0.2) is 0 Å². The van der Waals surface area contributed by atoms with Gasteiger partial charge in [-0.2, -0.15) is 0 Å². The van der Waals surface area contributed by atoms with E-state index in [1.54, 1.807) is 13.0 Å². The zero-order valence-electron chi connectivity index (χ0n) is 14.0. The fourth-order valence-corrected chi connectivity index (χ4v) is 2.22. The lowest BCUT2D eigenvalue weighted by atomic mass is 10.1. The van der Waals surface area contributed by atoms with Gasteiger partial charge >= 0.3 is 6.36 Å². The van der Waals surface area contributed by atoms with Crippen LogP contribution in [0.25, 0.3) is 0 Å². The summed E-state index contributed by atoms with van der Waals surface area (Å²) >= 11 is 0. The van der Waals surface area contributed by atoms with Crippen LogP contribution in [0.5, 0.6) is 5.75 Å². The van der Waals surface area contributed by atoms with E-state index < -0.39 is 12.5 Å². The van der Waals surface area contributed by atoms with Crippen LogP contribution >= 0.6 is 0 Å². The van der Waals surface area contributed by atoms with Crippen molar-refractivity contribution >= 4 is 18.0 Å². The molecule has 0 radical (unpaired) electrons. The number of allylic oxidation sites excluding steroid dienone is 1. The average molecular weight is 369 g/mol. The number of nitrogens with zero attached hydrogens (tertiary/aromatic N) is 1. The minimum atomic E-state index is -4.74. The standard InChI is InChI=1S/C17H18F3N3O3/c1-2-15(24)23-14-9-12(7-8-21-14)16(25)22-10-11-3-5-13(6-4-11)26-17(18,19)20/h3-8,14H,2,9-10H2,1H3,(H,22,25)(H,23,24). The maximum absolute atomic E-state index is 12.2. The fraction of sp³-hybridized carbons (Fsp3) is 0.353. The van der Waals surface area contributed by atoms with Crippen molar-refractivity contribution in [2.45, 2.75) is 38.8 Å². The van der Waals surface area contributed by atoms with Crippen molar-refractivity contribution in [1.29, 1.82) is 0 Å². The first-order chi connectivity index (χ1) is 12.3. The summed E-state index contributed by atoms with van der Waals surface area (Å²) in [4.78, 5) is 27.7. The van der Waals surface area contributed by atoms with Crippen molar-refractivity contribution in [3.63, 3.8) is 0 Å². The molecule has 0 spiro atoms. The number of hydrogen-bond donors (Lipinski definition) is 2. The zero-order valence-corrected chi connectivity index (χ0v) is 14.0. The van der Waals surface area contributed by atoms with Crippen molar-refractivity contribution in [2.24, 2.45) is 4.99 Å². The van der Waals surface area contributed by atoms with Crippen LogP contribution in [0.1, 0.15) is 25.3 Å². The van der Waals surface area contributed by atoms with Gasteiger partial charge in [-0.1, -0.05) is 19.1 Å². The van der Waals surface area contributed by atoms with E-state index in [0.29, 0.717) is 17.6 Å². The first kappa shape index (κ1) is 19.5. The van der Waals surface area contributed by atoms with Crippen LogP contribution in [0.4, 0.5) is 13.2 Å². The van der Waals surface area contributed by atoms with Gasteiger partial charge in [0.1, 0.15) is 11.9 Å². The number of halogens is 3. The van der Waals surface area contributed by atoms with Gasteiger partial charge in [0.25, 0.3) is 0 Å². The van der Waals surface area contributed by atoms with E-state index in [1.807, 2.05) is 0 Å². The smallest absolute Gasteiger partial charge is 0.406 e. The van der Waals surface area contributed by atoms with Gasteiger partial charge in [-0.05, 0) is 23.8 Å². The molecule has 1 heterocycles. The van der Waals surface area contributed by atoms with Gasteiger partial charge in [0.2, 0.25) is 11.8 Å². The number of aliphatic imine (C=N–C) groups is 1. The van der Waals surface area contributed by atoms with E-state index >= 15 is 0 Å². The number of amides is 2. The van der Waals surface area contributed by atoms with Crippen LogP contribution in [0.15, 0.2) is 40.9 Å². The van der Waals surface area contributed by atoms with E-state index in [0.717, 1.165) is 0 Å². The third-order valence-corrected chi connectivity index (χ3v) is 3.51. The summed E-state index contributed by atoms with van der Waals surface area (Å²) in [7, 11) is 0. The number of alkyl halides is 3. The van der Waals surface area contributed by atoms with Crippen LogP contribution in [0, 0.1) is 0 Å². The van der Waals surface area contributed by atoms with Crippen LogP contribution < -0.4 is 15.4 Å². The van der Waals surface area contributed by atoms with Gasteiger partial charge in [-0.15, -0.1) is 13.2 Å². The molecular formula is C17H18F3N3O3. The summed E-state index contributed by atoms with van der Waals surface area (Å²) in [5.74, 6) is -0.814. The van der Waals surface area contributed by atoms with Gasteiger partial charge in [0, 0.05) is 31.2 Å². The molecule has 1 aromatic rings. The fourth-order valence-electron chi connectivity index (χ4n) is 2.22. The van der Waals surface area contributed by atoms with E-state index in [9.17, 15) is 22.8 Å². The molecule has 0 bridgehead atoms. The highest BCUT2D eigenvalue weighted by Crippen LogP contribution is 2.22. The Hall–Kier alpha value is -2.84. The highest BCUT2D eigenvalue weighted by Gasteiger charge is 2.30. The third kappa shape index (κ3) is 6.23. The first-order valence-corrected chi connectivity index (χ1v) is 7.91. The van der Waals surface area contributed by atoms with Crippen molar-refractivity contribution in [3.05, 3.63) is 41.5 Å². The number of carbonyl (C=O) groups excluding carboxylic acids is 2. The Kier molecular flexibility index (Phi) is 6.37. The molecule has 9 heteroatoms. The molecular weight excluding hydrogens is 351 g/mol. The molecule has 1 aliphatic heterocycles. The second-order valence-corrected chi connectivity index (χ2v) is 5.51. The molecule has 1 atom stereocenters. The lowest BCUT2D eigenvalue weighted by Gasteiger charge is -2.18. The largest absolute Gasteiger partial charge is 0.573 e. The molecule has 2 rings (SSSR count). The molecule has 1 aromatic carbocycles. The summed E-state index contributed by atoms with van der Waals surface area (Å²) in [5, 5.41) is 5.37. The van der Waals surface area contributed by atoms with Crippen LogP contribution in [-0.2, 0) is 16.1 Å². The predicted molar refractivity (Wildman–Crippen MR) is 88.4 cm³/mol. The van der Waals surface area contributed by atoms with E-state index in [2.05, 4.69) is 20.4 Å². The molecule has 0 fully saturated rings. The molecule has 1 aliphatic rings. The van der Waals surface area contributed by atoms with Crippen molar-refractivity contribution in [3.8, 4) is 5.75 Å². The third-order valence-electron chi connectivity index (χ3n) is 3.51. The number of ether oxygens (including phenoxy) is 1. The number of benzene rings is 1. The molecule has 26 heavy (non-hydrogen) atoms. The SMILES string of the molecule is CCC(=O)NC1CC(C(=O)NCc2ccc(OC(F)(F)F)cc2)=CC=N1. The first-order valence-electron chi connectivity index (χ1n) is 7.91. The highest BCUT2D eigenvalue weighted by molar-refractivity contribution is 5.98. The Morgan fingerprint density at radius 3 is 2.58 bits per heavy atom. The number of carbonyl (C=O) groups is 2. The Balaban J connectivity index is 1.85. The second kappa shape index (κ2) is 8.50. The number of rotatable bonds is 6. The van der Waals surface area contributed by atoms with Gasteiger partial charge < -0.3 is 15.4 Å². The maximum Gasteiger partial charge on any atom is 0.573 e. The summed E-state index contributed by atoms with van der Waals surface area (Å²) in [6, 6.07) is 5.22. The molecule has 6 nitrogen and oxygen atoms in total. The van der Waals surface area contributed by atoms with Crippen LogP contribution in [0.3, 0.4) is 0 Å². The monoisotopic (exact) mass is 369 g/mol. The molecule has 0 saturated heterocycles. The molecule has 0 saturated carbocycles. The molecule has 0 aromatic heterocycles. The van der Waals surface area contributed by atoms with E-state index in [-0.39, 0.29) is 30.5 Å². The molecule has 0 aliphatic carbocycles. The van der Waals surface area contributed by atoms with Crippen molar-refractivity contribution in [2.75, 3.05) is 0 Å². The van der Waals surface area contributed by atoms with Crippen LogP contribution in [0.2, 0.25) is 0 Å². The quantitative estimate of drug-likeness (QED) is 0.808. The normalized spacial score (nSPS) is 16.6. The Bertz CT molecular complexity index is 712. The number of nitrogens with one attached hydrogen (secondary N) is 2. The molecule has 140 valence electrons. The highest BCUT2D eigenvalue weighted by atomic mass is 19.4. The second-order valence-electron chi connectivity index (χ2n) is 5.51. The Morgan fingerprint density at radius 1 is 1.27 bits per heavy atom. The lowest BCUT2D eigenvalue weighted by Crippen LogP contribution is -2.36. The number of hydrogen-bond acceptors (Lipinski definition) is 4. The molecule has 2 N–H and O–H groups in total. The minimum absolute atomic E-state index is 0.144. The van der Waals surface area contributed by atoms with E-state index in [4.69, 9.17) is 0 Å². The summed E-state index contributed by atoms with van der Waals surface area (Å²) in [6.07, 6.45) is -1.61. The van der Waals surface area contributed by atoms with Crippen molar-refractivity contribution < 1.29 is 27.5 Å². The summed E-state index contributed by atoms with van der Waals surface area (Å²) < 4.78 is 40.1. The maximum atomic E-state index is 12.2. The predicted octanol–water partition coefficient (Wildman–Crippen LogP) is 2.45. The van der Waals surface area contributed by atoms with E-state index in [1.165, 1.54) is 30.5 Å². The zero-order chi connectivity index (χ0) is 19.2. The minimum Gasteiger partial charge on any atom is -0.406 e. The van der Waals surface area contributed by atoms with Gasteiger partial charge in [0.15, 0.2) is 0 Å². The Labute approximate surface area is 148 Å². The van der Waals surface area contributed by atoms with Crippen LogP contribution in [-0.4, -0.2) is 30.6 Å². The molecule has 1 unspecified atom stereocenters.